The highest BCUT2D eigenvalue weighted by molar-refractivity contribution is 5.74. The molecule has 1 atom stereocenters. The Labute approximate surface area is 156 Å². The summed E-state index contributed by atoms with van der Waals surface area (Å²) in [6.45, 7) is 2.56. The van der Waals surface area contributed by atoms with E-state index in [1.54, 1.807) is 0 Å². The Bertz CT molecular complexity index is 752. The minimum Gasteiger partial charge on any atom is -0.378 e. The van der Waals surface area contributed by atoms with Crippen molar-refractivity contribution in [2.24, 2.45) is 0 Å². The highest BCUT2D eigenvalue weighted by atomic mass is 16.2. The van der Waals surface area contributed by atoms with Gasteiger partial charge in [-0.3, -0.25) is 0 Å². The van der Waals surface area contributed by atoms with E-state index in [0.29, 0.717) is 6.54 Å². The van der Waals surface area contributed by atoms with Gasteiger partial charge in [-0.25, -0.2) is 4.79 Å². The molecule has 2 aromatic carbocycles. The molecule has 26 heavy (non-hydrogen) atoms. The molecule has 0 heterocycles. The zero-order valence-corrected chi connectivity index (χ0v) is 16.0. The van der Waals surface area contributed by atoms with E-state index in [0.717, 1.165) is 17.7 Å². The summed E-state index contributed by atoms with van der Waals surface area (Å²) in [7, 11) is 4.03. The fraction of sp³-hybridized carbons (Fsp3) is 0.409. The second kappa shape index (κ2) is 8.26. The summed E-state index contributed by atoms with van der Waals surface area (Å²) in [6.07, 6.45) is 4.90. The lowest BCUT2D eigenvalue weighted by atomic mass is 9.89. The minimum atomic E-state index is -0.132. The molecule has 0 aromatic heterocycles. The van der Waals surface area contributed by atoms with Gasteiger partial charge in [-0.05, 0) is 67.0 Å². The molecule has 1 aliphatic rings. The molecule has 0 radical (unpaired) electrons. The van der Waals surface area contributed by atoms with Gasteiger partial charge in [-0.1, -0.05) is 30.3 Å². The lowest BCUT2D eigenvalue weighted by Crippen LogP contribution is -2.36. The normalized spacial score (nSPS) is 14.3. The van der Waals surface area contributed by atoms with Crippen LogP contribution in [0.2, 0.25) is 0 Å². The van der Waals surface area contributed by atoms with Crippen molar-refractivity contribution < 1.29 is 4.79 Å². The highest BCUT2D eigenvalue weighted by Crippen LogP contribution is 2.24. The fourth-order valence-electron chi connectivity index (χ4n) is 3.45. The average molecular weight is 351 g/mol. The van der Waals surface area contributed by atoms with Crippen molar-refractivity contribution in [3.05, 3.63) is 64.7 Å². The first-order valence-electron chi connectivity index (χ1n) is 9.45. The Morgan fingerprint density at radius 3 is 2.42 bits per heavy atom. The van der Waals surface area contributed by atoms with E-state index in [9.17, 15) is 4.79 Å². The van der Waals surface area contributed by atoms with Crippen molar-refractivity contribution in [1.82, 2.24) is 10.6 Å². The molecule has 0 saturated carbocycles. The summed E-state index contributed by atoms with van der Waals surface area (Å²) in [4.78, 5) is 14.3. The van der Waals surface area contributed by atoms with Crippen molar-refractivity contribution in [3.63, 3.8) is 0 Å². The lowest BCUT2D eigenvalue weighted by Gasteiger charge is -2.20. The minimum absolute atomic E-state index is 0.00153. The van der Waals surface area contributed by atoms with Gasteiger partial charge in [0.05, 0.1) is 6.04 Å². The molecule has 0 bridgehead atoms. The van der Waals surface area contributed by atoms with Crippen molar-refractivity contribution in [1.29, 1.82) is 0 Å². The third-order valence-electron chi connectivity index (χ3n) is 5.13. The van der Waals surface area contributed by atoms with E-state index in [1.165, 1.54) is 36.0 Å². The van der Waals surface area contributed by atoms with Gasteiger partial charge in [0, 0.05) is 26.3 Å². The smallest absolute Gasteiger partial charge is 0.315 e. The molecule has 138 valence electrons. The second-order valence-electron chi connectivity index (χ2n) is 7.34. The number of amides is 2. The summed E-state index contributed by atoms with van der Waals surface area (Å²) < 4.78 is 0. The maximum Gasteiger partial charge on any atom is 0.315 e. The molecule has 1 unspecified atom stereocenters. The van der Waals surface area contributed by atoms with Crippen LogP contribution in [0.1, 0.15) is 48.1 Å². The number of fused-ring (bicyclic) bond motifs is 1. The molecule has 3 rings (SSSR count). The number of anilines is 1. The van der Waals surface area contributed by atoms with Crippen LogP contribution in [-0.2, 0) is 19.4 Å². The fourth-order valence-corrected chi connectivity index (χ4v) is 3.45. The number of urea groups is 1. The number of rotatable bonds is 5. The molecular formula is C22H29N3O. The van der Waals surface area contributed by atoms with E-state index in [1.807, 2.05) is 33.2 Å². The van der Waals surface area contributed by atoms with Crippen LogP contribution in [0.25, 0.3) is 0 Å². The van der Waals surface area contributed by atoms with Gasteiger partial charge in [0.2, 0.25) is 0 Å². The Kier molecular flexibility index (Phi) is 5.82. The molecule has 0 aliphatic heterocycles. The van der Waals surface area contributed by atoms with Crippen LogP contribution in [0.15, 0.2) is 42.5 Å². The number of nitrogens with one attached hydrogen (secondary N) is 2. The maximum absolute atomic E-state index is 12.2. The summed E-state index contributed by atoms with van der Waals surface area (Å²) in [5, 5.41) is 5.99. The van der Waals surface area contributed by atoms with Crippen LogP contribution in [0.4, 0.5) is 10.5 Å². The summed E-state index contributed by atoms with van der Waals surface area (Å²) in [6, 6.07) is 14.7. The van der Waals surface area contributed by atoms with E-state index in [-0.39, 0.29) is 12.1 Å². The SMILES string of the molecule is CC(NC(=O)NCc1ccc(N(C)C)cc1)c1ccc2c(c1)CCCC2. The van der Waals surface area contributed by atoms with Crippen LogP contribution < -0.4 is 15.5 Å². The Hall–Kier alpha value is -2.49. The third-order valence-corrected chi connectivity index (χ3v) is 5.13. The van der Waals surface area contributed by atoms with Gasteiger partial charge in [0.1, 0.15) is 0 Å². The van der Waals surface area contributed by atoms with Crippen molar-refractivity contribution in [3.8, 4) is 0 Å². The quantitative estimate of drug-likeness (QED) is 0.848. The van der Waals surface area contributed by atoms with E-state index >= 15 is 0 Å². The van der Waals surface area contributed by atoms with Crippen LogP contribution in [-0.4, -0.2) is 20.1 Å². The number of hydrogen-bond donors (Lipinski definition) is 2. The van der Waals surface area contributed by atoms with Crippen molar-refractivity contribution in [2.45, 2.75) is 45.2 Å². The van der Waals surface area contributed by atoms with Crippen LogP contribution in [0, 0.1) is 0 Å². The monoisotopic (exact) mass is 351 g/mol. The molecule has 2 amide bonds. The van der Waals surface area contributed by atoms with Crippen molar-refractivity contribution >= 4 is 11.7 Å². The molecule has 4 nitrogen and oxygen atoms in total. The molecule has 0 spiro atoms. The zero-order valence-electron chi connectivity index (χ0n) is 16.0. The number of aryl methyl sites for hydroxylation is 2. The van der Waals surface area contributed by atoms with Gasteiger partial charge in [0.25, 0.3) is 0 Å². The van der Waals surface area contributed by atoms with E-state index < -0.39 is 0 Å². The van der Waals surface area contributed by atoms with Gasteiger partial charge >= 0.3 is 6.03 Å². The van der Waals surface area contributed by atoms with Gasteiger partial charge in [-0.2, -0.15) is 0 Å². The highest BCUT2D eigenvalue weighted by Gasteiger charge is 2.14. The van der Waals surface area contributed by atoms with E-state index in [2.05, 4.69) is 45.9 Å². The molecular weight excluding hydrogens is 322 g/mol. The zero-order chi connectivity index (χ0) is 18.5. The number of benzene rings is 2. The first-order chi connectivity index (χ1) is 12.5. The molecule has 2 N–H and O–H groups in total. The first kappa shape index (κ1) is 18.3. The third kappa shape index (κ3) is 4.57. The average Bonchev–Trinajstić information content (AvgIpc) is 2.66. The van der Waals surface area contributed by atoms with E-state index in [4.69, 9.17) is 0 Å². The Balaban J connectivity index is 1.52. The standard InChI is InChI=1S/C22H29N3O/c1-16(19-11-10-18-6-4-5-7-20(18)14-19)24-22(26)23-15-17-8-12-21(13-9-17)25(2)3/h8-14,16H,4-7,15H2,1-3H3,(H2,23,24,26). The van der Waals surface area contributed by atoms with Crippen LogP contribution in [0.3, 0.4) is 0 Å². The second-order valence-corrected chi connectivity index (χ2v) is 7.34. The predicted molar refractivity (Wildman–Crippen MR) is 108 cm³/mol. The molecule has 4 heteroatoms. The summed E-state index contributed by atoms with van der Waals surface area (Å²) >= 11 is 0. The van der Waals surface area contributed by atoms with Gasteiger partial charge < -0.3 is 15.5 Å². The molecule has 0 fully saturated rings. The lowest BCUT2D eigenvalue weighted by molar-refractivity contribution is 0.237. The summed E-state index contributed by atoms with van der Waals surface area (Å²) in [5.41, 5.74) is 6.34. The molecule has 1 aliphatic carbocycles. The number of hydrogen-bond acceptors (Lipinski definition) is 2. The Morgan fingerprint density at radius 1 is 1.04 bits per heavy atom. The topological polar surface area (TPSA) is 44.4 Å². The first-order valence-corrected chi connectivity index (χ1v) is 9.45. The van der Waals surface area contributed by atoms with Crippen LogP contribution in [0.5, 0.6) is 0 Å². The largest absolute Gasteiger partial charge is 0.378 e. The number of carbonyl (C=O) groups excluding carboxylic acids is 1. The van der Waals surface area contributed by atoms with Gasteiger partial charge in [0.15, 0.2) is 0 Å². The van der Waals surface area contributed by atoms with Crippen molar-refractivity contribution in [2.75, 3.05) is 19.0 Å². The molecule has 2 aromatic rings. The summed E-state index contributed by atoms with van der Waals surface area (Å²) in [5.74, 6) is 0. The molecule has 0 saturated heterocycles. The van der Waals surface area contributed by atoms with Crippen LogP contribution >= 0.6 is 0 Å². The predicted octanol–water partition coefficient (Wildman–Crippen LogP) is 4.19. The number of carbonyl (C=O) groups is 1. The maximum atomic E-state index is 12.2. The Morgan fingerprint density at radius 2 is 1.73 bits per heavy atom. The van der Waals surface area contributed by atoms with Gasteiger partial charge in [-0.15, -0.1) is 0 Å². The number of nitrogens with zero attached hydrogens (tertiary/aromatic N) is 1.